The van der Waals surface area contributed by atoms with Crippen LogP contribution in [0.4, 0.5) is 15.8 Å². The SMILES string of the molecule is Cc1c(Cl)cc(F)c(N)c1N. The molecule has 0 fully saturated rings. The molecule has 2 nitrogen and oxygen atoms in total. The van der Waals surface area contributed by atoms with Gasteiger partial charge >= 0.3 is 0 Å². The molecule has 0 aliphatic heterocycles. The van der Waals surface area contributed by atoms with Crippen molar-refractivity contribution < 1.29 is 4.39 Å². The van der Waals surface area contributed by atoms with E-state index in [-0.39, 0.29) is 11.4 Å². The monoisotopic (exact) mass is 174 g/mol. The van der Waals surface area contributed by atoms with E-state index in [1.54, 1.807) is 6.92 Å². The molecule has 0 heterocycles. The van der Waals surface area contributed by atoms with Gasteiger partial charge in [-0.15, -0.1) is 0 Å². The van der Waals surface area contributed by atoms with Crippen molar-refractivity contribution in [1.82, 2.24) is 0 Å². The first-order valence-electron chi connectivity index (χ1n) is 3.03. The number of hydrogen-bond acceptors (Lipinski definition) is 2. The van der Waals surface area contributed by atoms with Crippen LogP contribution in [0.5, 0.6) is 0 Å². The maximum absolute atomic E-state index is 12.7. The summed E-state index contributed by atoms with van der Waals surface area (Å²) in [6, 6.07) is 1.16. The fraction of sp³-hybridized carbons (Fsp3) is 0.143. The lowest BCUT2D eigenvalue weighted by molar-refractivity contribution is 0.633. The molecule has 0 amide bonds. The van der Waals surface area contributed by atoms with Crippen LogP contribution in [-0.2, 0) is 0 Å². The lowest BCUT2D eigenvalue weighted by atomic mass is 10.1. The van der Waals surface area contributed by atoms with Gasteiger partial charge in [-0.2, -0.15) is 0 Å². The molecule has 0 radical (unpaired) electrons. The number of hydrogen-bond donors (Lipinski definition) is 2. The molecule has 4 heteroatoms. The summed E-state index contributed by atoms with van der Waals surface area (Å²) in [5.74, 6) is -0.571. The van der Waals surface area contributed by atoms with Crippen LogP contribution < -0.4 is 11.5 Å². The van der Waals surface area contributed by atoms with Gasteiger partial charge in [-0.3, -0.25) is 0 Å². The van der Waals surface area contributed by atoms with Crippen LogP contribution in [0.15, 0.2) is 6.07 Å². The highest BCUT2D eigenvalue weighted by atomic mass is 35.5. The van der Waals surface area contributed by atoms with E-state index in [0.717, 1.165) is 6.07 Å². The maximum Gasteiger partial charge on any atom is 0.149 e. The fourth-order valence-electron chi connectivity index (χ4n) is 0.757. The van der Waals surface area contributed by atoms with Crippen molar-refractivity contribution in [3.8, 4) is 0 Å². The molecule has 0 aliphatic carbocycles. The van der Waals surface area contributed by atoms with E-state index in [9.17, 15) is 4.39 Å². The summed E-state index contributed by atoms with van der Waals surface area (Å²) >= 11 is 5.62. The lowest BCUT2D eigenvalue weighted by Gasteiger charge is -2.06. The van der Waals surface area contributed by atoms with E-state index in [1.807, 2.05) is 0 Å². The summed E-state index contributed by atoms with van der Waals surface area (Å²) in [5, 5.41) is 0.300. The average Bonchev–Trinajstić information content (AvgIpc) is 1.97. The van der Waals surface area contributed by atoms with Crippen molar-refractivity contribution in [2.24, 2.45) is 0 Å². The molecular weight excluding hydrogens is 167 g/mol. The van der Waals surface area contributed by atoms with Crippen LogP contribution in [-0.4, -0.2) is 0 Å². The second-order valence-electron chi connectivity index (χ2n) is 2.29. The van der Waals surface area contributed by atoms with Crippen LogP contribution in [0, 0.1) is 12.7 Å². The Morgan fingerprint density at radius 1 is 1.36 bits per heavy atom. The Balaban J connectivity index is 3.46. The van der Waals surface area contributed by atoms with Gasteiger partial charge in [-0.05, 0) is 18.6 Å². The smallest absolute Gasteiger partial charge is 0.149 e. The van der Waals surface area contributed by atoms with Crippen molar-refractivity contribution >= 4 is 23.0 Å². The van der Waals surface area contributed by atoms with E-state index in [0.29, 0.717) is 10.6 Å². The third-order valence-corrected chi connectivity index (χ3v) is 1.96. The molecule has 0 aromatic heterocycles. The summed E-state index contributed by atoms with van der Waals surface area (Å²) in [5.41, 5.74) is 11.5. The van der Waals surface area contributed by atoms with Gasteiger partial charge < -0.3 is 11.5 Å². The first kappa shape index (κ1) is 8.14. The zero-order chi connectivity index (χ0) is 8.59. The Morgan fingerprint density at radius 2 is 1.91 bits per heavy atom. The lowest BCUT2D eigenvalue weighted by Crippen LogP contribution is -2.00. The molecule has 1 rings (SSSR count). The number of anilines is 2. The van der Waals surface area contributed by atoms with Crippen LogP contribution in [0.3, 0.4) is 0 Å². The Kier molecular flexibility index (Phi) is 1.91. The Bertz CT molecular complexity index is 273. The molecule has 1 aromatic carbocycles. The molecule has 1 aromatic rings. The minimum atomic E-state index is -0.571. The molecule has 0 aliphatic rings. The van der Waals surface area contributed by atoms with Gasteiger partial charge in [0.25, 0.3) is 0 Å². The van der Waals surface area contributed by atoms with Crippen molar-refractivity contribution in [3.05, 3.63) is 22.5 Å². The van der Waals surface area contributed by atoms with Crippen molar-refractivity contribution in [2.75, 3.05) is 11.5 Å². The number of nitrogen functional groups attached to an aromatic ring is 2. The van der Waals surface area contributed by atoms with Gasteiger partial charge in [-0.1, -0.05) is 11.6 Å². The zero-order valence-corrected chi connectivity index (χ0v) is 6.74. The van der Waals surface area contributed by atoms with Gasteiger partial charge in [0.2, 0.25) is 0 Å². The highest BCUT2D eigenvalue weighted by molar-refractivity contribution is 6.31. The van der Waals surface area contributed by atoms with Gasteiger partial charge in [0.1, 0.15) is 5.82 Å². The molecule has 4 N–H and O–H groups in total. The fourth-order valence-corrected chi connectivity index (χ4v) is 0.954. The molecule has 0 atom stereocenters. The van der Waals surface area contributed by atoms with Gasteiger partial charge in [0, 0.05) is 5.02 Å². The second kappa shape index (κ2) is 2.58. The van der Waals surface area contributed by atoms with Crippen LogP contribution in [0.2, 0.25) is 5.02 Å². The summed E-state index contributed by atoms with van der Waals surface area (Å²) in [4.78, 5) is 0. The quantitative estimate of drug-likeness (QED) is 0.591. The minimum absolute atomic E-state index is 0.0353. The Morgan fingerprint density at radius 3 is 2.45 bits per heavy atom. The standard InChI is InChI=1S/C7H8ClFN2/c1-3-4(8)2-5(9)7(11)6(3)10/h2H,10-11H2,1H3. The van der Waals surface area contributed by atoms with Gasteiger partial charge in [0.05, 0.1) is 11.4 Å². The molecule has 0 saturated heterocycles. The number of rotatable bonds is 0. The predicted molar refractivity (Wildman–Crippen MR) is 45.0 cm³/mol. The summed E-state index contributed by atoms with van der Waals surface area (Å²) < 4.78 is 12.7. The predicted octanol–water partition coefficient (Wildman–Crippen LogP) is 1.95. The highest BCUT2D eigenvalue weighted by Crippen LogP contribution is 2.28. The third kappa shape index (κ3) is 1.24. The second-order valence-corrected chi connectivity index (χ2v) is 2.70. The molecule has 60 valence electrons. The van der Waals surface area contributed by atoms with E-state index in [4.69, 9.17) is 23.1 Å². The van der Waals surface area contributed by atoms with E-state index < -0.39 is 5.82 Å². The van der Waals surface area contributed by atoms with Crippen LogP contribution >= 0.6 is 11.6 Å². The molecular formula is C7H8ClFN2. The van der Waals surface area contributed by atoms with E-state index >= 15 is 0 Å². The first-order valence-corrected chi connectivity index (χ1v) is 3.41. The van der Waals surface area contributed by atoms with Crippen LogP contribution in [0.25, 0.3) is 0 Å². The largest absolute Gasteiger partial charge is 0.397 e. The molecule has 0 spiro atoms. The average molecular weight is 175 g/mol. The normalized spacial score (nSPS) is 10.1. The third-order valence-electron chi connectivity index (χ3n) is 1.56. The number of halogens is 2. The van der Waals surface area contributed by atoms with E-state index in [1.165, 1.54) is 0 Å². The maximum atomic E-state index is 12.7. The van der Waals surface area contributed by atoms with Crippen LogP contribution in [0.1, 0.15) is 5.56 Å². The van der Waals surface area contributed by atoms with Crippen molar-refractivity contribution in [2.45, 2.75) is 6.92 Å². The van der Waals surface area contributed by atoms with Crippen molar-refractivity contribution in [1.29, 1.82) is 0 Å². The molecule has 0 bridgehead atoms. The molecule has 0 saturated carbocycles. The Hall–Kier alpha value is -0.960. The van der Waals surface area contributed by atoms with Gasteiger partial charge in [0.15, 0.2) is 0 Å². The number of nitrogens with two attached hydrogens (primary N) is 2. The zero-order valence-electron chi connectivity index (χ0n) is 5.99. The summed E-state index contributed by atoms with van der Waals surface area (Å²) in [6.45, 7) is 1.69. The summed E-state index contributed by atoms with van der Waals surface area (Å²) in [6.07, 6.45) is 0. The topological polar surface area (TPSA) is 52.0 Å². The molecule has 0 unspecified atom stereocenters. The Labute approximate surface area is 68.9 Å². The number of benzene rings is 1. The first-order chi connectivity index (χ1) is 5.04. The minimum Gasteiger partial charge on any atom is -0.397 e. The van der Waals surface area contributed by atoms with Crippen molar-refractivity contribution in [3.63, 3.8) is 0 Å². The summed E-state index contributed by atoms with van der Waals surface area (Å²) in [7, 11) is 0. The van der Waals surface area contributed by atoms with E-state index in [2.05, 4.69) is 0 Å². The van der Waals surface area contributed by atoms with Gasteiger partial charge in [-0.25, -0.2) is 4.39 Å². The highest BCUT2D eigenvalue weighted by Gasteiger charge is 2.08. The molecule has 11 heavy (non-hydrogen) atoms.